The van der Waals surface area contributed by atoms with E-state index >= 15 is 0 Å². The number of hydrogen-bond acceptors (Lipinski definition) is 4. The van der Waals surface area contributed by atoms with Crippen molar-refractivity contribution in [1.82, 2.24) is 24.7 Å². The van der Waals surface area contributed by atoms with Crippen LogP contribution in [0.3, 0.4) is 0 Å². The SMILES string of the molecule is CC1C=CC(c2cccc(-c3ccc(-n4c(-c5ccc(-c6cccc(-c7cccnc7)c6)cc5)nnc4-c4ccc(-c5cccc(-c6cccnc6)c5)cc4)cc3)c2)=CC1. The van der Waals surface area contributed by atoms with Crippen LogP contribution < -0.4 is 0 Å². The summed E-state index contributed by atoms with van der Waals surface area (Å²) < 4.78 is 2.18. The van der Waals surface area contributed by atoms with Gasteiger partial charge in [0, 0.05) is 52.7 Å². The van der Waals surface area contributed by atoms with E-state index < -0.39 is 0 Å². The van der Waals surface area contributed by atoms with E-state index in [1.807, 2.05) is 24.5 Å². The lowest BCUT2D eigenvalue weighted by Crippen LogP contribution is -2.00. The summed E-state index contributed by atoms with van der Waals surface area (Å²) in [5.41, 5.74) is 16.8. The second-order valence-electron chi connectivity index (χ2n) is 15.3. The number of allylic oxidation sites excluding steroid dienone is 4. The molecule has 0 saturated heterocycles. The molecule has 286 valence electrons. The van der Waals surface area contributed by atoms with Crippen molar-refractivity contribution in [3.63, 3.8) is 0 Å². The van der Waals surface area contributed by atoms with E-state index in [1.165, 1.54) is 16.7 Å². The summed E-state index contributed by atoms with van der Waals surface area (Å²) in [5, 5.41) is 9.72. The second kappa shape index (κ2) is 16.2. The molecular formula is C55H41N5. The Hall–Kier alpha value is -7.76. The molecule has 1 unspecified atom stereocenters. The van der Waals surface area contributed by atoms with Crippen molar-refractivity contribution in [3.05, 3.63) is 218 Å². The minimum Gasteiger partial charge on any atom is -0.275 e. The first kappa shape index (κ1) is 36.6. The molecule has 0 N–H and O–H groups in total. The minimum atomic E-state index is 0.581. The van der Waals surface area contributed by atoms with Crippen LogP contribution in [0.4, 0.5) is 0 Å². The molecule has 1 atom stereocenters. The normalized spacial score (nSPS) is 13.6. The Morgan fingerprint density at radius 1 is 0.417 bits per heavy atom. The summed E-state index contributed by atoms with van der Waals surface area (Å²) >= 11 is 0. The summed E-state index contributed by atoms with van der Waals surface area (Å²) in [7, 11) is 0. The fourth-order valence-electron chi connectivity index (χ4n) is 7.97. The highest BCUT2D eigenvalue weighted by atomic mass is 15.3. The molecule has 60 heavy (non-hydrogen) atoms. The number of benzene rings is 6. The predicted octanol–water partition coefficient (Wildman–Crippen LogP) is 13.7. The third kappa shape index (κ3) is 7.52. The molecule has 0 spiro atoms. The number of aromatic nitrogens is 5. The lowest BCUT2D eigenvalue weighted by atomic mass is 9.92. The molecule has 5 heteroatoms. The highest BCUT2D eigenvalue weighted by Gasteiger charge is 2.19. The maximum Gasteiger partial charge on any atom is 0.168 e. The molecule has 3 heterocycles. The van der Waals surface area contributed by atoms with E-state index in [2.05, 4.69) is 197 Å². The quantitative estimate of drug-likeness (QED) is 0.147. The van der Waals surface area contributed by atoms with Crippen molar-refractivity contribution in [2.75, 3.05) is 0 Å². The largest absolute Gasteiger partial charge is 0.275 e. The molecule has 1 aliphatic rings. The topological polar surface area (TPSA) is 56.5 Å². The van der Waals surface area contributed by atoms with Crippen LogP contribution in [0.1, 0.15) is 18.9 Å². The lowest BCUT2D eigenvalue weighted by molar-refractivity contribution is 0.739. The molecule has 0 aliphatic heterocycles. The van der Waals surface area contributed by atoms with E-state index in [9.17, 15) is 0 Å². The Labute approximate surface area is 350 Å². The molecule has 0 radical (unpaired) electrons. The minimum absolute atomic E-state index is 0.581. The summed E-state index contributed by atoms with van der Waals surface area (Å²) in [5.74, 6) is 2.13. The smallest absolute Gasteiger partial charge is 0.168 e. The van der Waals surface area contributed by atoms with Crippen molar-refractivity contribution in [3.8, 4) is 84.1 Å². The van der Waals surface area contributed by atoms with Crippen LogP contribution in [0.2, 0.25) is 0 Å². The maximum atomic E-state index is 4.86. The van der Waals surface area contributed by atoms with Gasteiger partial charge in [0.2, 0.25) is 0 Å². The lowest BCUT2D eigenvalue weighted by Gasteiger charge is -2.14. The van der Waals surface area contributed by atoms with Crippen LogP contribution in [0.5, 0.6) is 0 Å². The standard InChI is InChI=1S/C55H41N5/c1-38-15-17-39(18-16-38)45-7-2-8-46(33-45)42-27-29-53(30-28-42)60-54(43-23-19-40(20-24-43)47-9-3-11-49(34-47)51-13-5-31-56-36-51)58-59-55(60)44-25-21-41(22-26-44)48-10-4-12-50(35-48)52-14-6-32-57-37-52/h2-15,17-38H,16H2,1H3. The van der Waals surface area contributed by atoms with Crippen LogP contribution in [0.15, 0.2) is 213 Å². The number of hydrogen-bond donors (Lipinski definition) is 0. The molecule has 0 amide bonds. The van der Waals surface area contributed by atoms with E-state index in [-0.39, 0.29) is 0 Å². The maximum absolute atomic E-state index is 4.86. The van der Waals surface area contributed by atoms with Gasteiger partial charge in [-0.15, -0.1) is 10.2 Å². The number of pyridine rings is 2. The van der Waals surface area contributed by atoms with Gasteiger partial charge in [0.1, 0.15) is 0 Å². The van der Waals surface area contributed by atoms with E-state index in [1.54, 1.807) is 12.4 Å². The van der Waals surface area contributed by atoms with Crippen molar-refractivity contribution in [2.24, 2.45) is 5.92 Å². The van der Waals surface area contributed by atoms with Gasteiger partial charge in [0.05, 0.1) is 0 Å². The Bertz CT molecular complexity index is 2840. The van der Waals surface area contributed by atoms with E-state index in [0.717, 1.165) is 85.0 Å². The Kier molecular flexibility index (Phi) is 9.90. The van der Waals surface area contributed by atoms with Crippen LogP contribution in [0.25, 0.3) is 89.7 Å². The molecule has 5 nitrogen and oxygen atoms in total. The van der Waals surface area contributed by atoms with Gasteiger partial charge in [-0.05, 0) is 110 Å². The molecule has 0 bridgehead atoms. The Balaban J connectivity index is 1.01. The predicted molar refractivity (Wildman–Crippen MR) is 246 cm³/mol. The van der Waals surface area contributed by atoms with Crippen molar-refractivity contribution >= 4 is 5.57 Å². The molecule has 1 aliphatic carbocycles. The first-order chi connectivity index (χ1) is 29.6. The van der Waals surface area contributed by atoms with Gasteiger partial charge in [0.25, 0.3) is 0 Å². The zero-order valence-electron chi connectivity index (χ0n) is 33.2. The third-order valence-corrected chi connectivity index (χ3v) is 11.3. The molecular weight excluding hydrogens is 731 g/mol. The zero-order valence-corrected chi connectivity index (χ0v) is 33.2. The fourth-order valence-corrected chi connectivity index (χ4v) is 7.97. The van der Waals surface area contributed by atoms with E-state index in [4.69, 9.17) is 10.2 Å². The van der Waals surface area contributed by atoms with Gasteiger partial charge in [0.15, 0.2) is 11.6 Å². The van der Waals surface area contributed by atoms with Crippen LogP contribution in [-0.4, -0.2) is 24.7 Å². The average Bonchev–Trinajstić information content (AvgIpc) is 3.78. The Morgan fingerprint density at radius 3 is 1.25 bits per heavy atom. The molecule has 3 aromatic heterocycles. The van der Waals surface area contributed by atoms with Gasteiger partial charge in [-0.3, -0.25) is 14.5 Å². The highest BCUT2D eigenvalue weighted by Crippen LogP contribution is 2.35. The first-order valence-corrected chi connectivity index (χ1v) is 20.4. The molecule has 0 saturated carbocycles. The third-order valence-electron chi connectivity index (χ3n) is 11.3. The van der Waals surface area contributed by atoms with Crippen LogP contribution in [0, 0.1) is 5.92 Å². The van der Waals surface area contributed by atoms with Crippen molar-refractivity contribution in [1.29, 1.82) is 0 Å². The van der Waals surface area contributed by atoms with Gasteiger partial charge < -0.3 is 0 Å². The molecule has 10 rings (SSSR count). The Morgan fingerprint density at radius 2 is 0.817 bits per heavy atom. The van der Waals surface area contributed by atoms with Crippen molar-refractivity contribution < 1.29 is 0 Å². The fraction of sp³-hybridized carbons (Fsp3) is 0.0545. The second-order valence-corrected chi connectivity index (χ2v) is 15.3. The highest BCUT2D eigenvalue weighted by molar-refractivity contribution is 5.80. The van der Waals surface area contributed by atoms with Gasteiger partial charge in [-0.2, -0.15) is 0 Å². The summed E-state index contributed by atoms with van der Waals surface area (Å²) in [6.07, 6.45) is 15.4. The number of nitrogens with zero attached hydrogens (tertiary/aromatic N) is 5. The van der Waals surface area contributed by atoms with Crippen LogP contribution in [-0.2, 0) is 0 Å². The van der Waals surface area contributed by atoms with Crippen LogP contribution >= 0.6 is 0 Å². The summed E-state index contributed by atoms with van der Waals surface area (Å²) in [6, 6.07) is 60.1. The first-order valence-electron chi connectivity index (χ1n) is 20.4. The summed E-state index contributed by atoms with van der Waals surface area (Å²) in [6.45, 7) is 2.26. The number of rotatable bonds is 9. The zero-order chi connectivity index (χ0) is 40.3. The monoisotopic (exact) mass is 771 g/mol. The molecule has 0 fully saturated rings. The van der Waals surface area contributed by atoms with Gasteiger partial charge in [-0.1, -0.05) is 153 Å². The molecule has 9 aromatic rings. The average molecular weight is 772 g/mol. The van der Waals surface area contributed by atoms with E-state index in [0.29, 0.717) is 5.92 Å². The van der Waals surface area contributed by atoms with Gasteiger partial charge >= 0.3 is 0 Å². The summed E-state index contributed by atoms with van der Waals surface area (Å²) in [4.78, 5) is 8.64. The van der Waals surface area contributed by atoms with Gasteiger partial charge in [-0.25, -0.2) is 0 Å². The molecule has 6 aromatic carbocycles. The van der Waals surface area contributed by atoms with Crippen molar-refractivity contribution in [2.45, 2.75) is 13.3 Å².